The van der Waals surface area contributed by atoms with E-state index in [-0.39, 0.29) is 29.5 Å². The van der Waals surface area contributed by atoms with Gasteiger partial charge >= 0.3 is 11.7 Å². The van der Waals surface area contributed by atoms with Gasteiger partial charge in [0, 0.05) is 12.1 Å². The molecule has 46 heavy (non-hydrogen) atoms. The zero-order valence-corrected chi connectivity index (χ0v) is 28.0. The molecule has 1 aliphatic heterocycles. The fourth-order valence-electron chi connectivity index (χ4n) is 6.55. The molecule has 2 heterocycles. The van der Waals surface area contributed by atoms with Crippen molar-refractivity contribution in [3.05, 3.63) is 22.7 Å². The van der Waals surface area contributed by atoms with Crippen molar-refractivity contribution in [2.45, 2.75) is 160 Å². The van der Waals surface area contributed by atoms with Gasteiger partial charge in [-0.05, 0) is 38.2 Å². The SMILES string of the molecule is CCCCCCCCCCCCCCCCCCOC(=O)C1CCC(C(=O)Nc2ccn([C@@H]3O[C@H](CO)[C@@H](O)[C@@H]3O)c(=O)n2)CC1. The van der Waals surface area contributed by atoms with Crippen LogP contribution in [0.4, 0.5) is 5.82 Å². The molecule has 0 bridgehead atoms. The lowest BCUT2D eigenvalue weighted by molar-refractivity contribution is -0.150. The molecule has 11 nitrogen and oxygen atoms in total. The first-order valence-electron chi connectivity index (χ1n) is 18.0. The summed E-state index contributed by atoms with van der Waals surface area (Å²) in [6.07, 6.45) is 19.4. The van der Waals surface area contributed by atoms with Crippen LogP contribution < -0.4 is 11.0 Å². The van der Waals surface area contributed by atoms with Crippen molar-refractivity contribution in [1.29, 1.82) is 0 Å². The average Bonchev–Trinajstić information content (AvgIpc) is 3.35. The Labute approximate surface area is 274 Å². The van der Waals surface area contributed by atoms with Crippen molar-refractivity contribution < 1.29 is 34.4 Å². The first-order valence-corrected chi connectivity index (χ1v) is 18.0. The maximum Gasteiger partial charge on any atom is 0.351 e. The van der Waals surface area contributed by atoms with Crippen LogP contribution in [0.3, 0.4) is 0 Å². The minimum absolute atomic E-state index is 0.0679. The van der Waals surface area contributed by atoms with Gasteiger partial charge in [-0.1, -0.05) is 103 Å². The summed E-state index contributed by atoms with van der Waals surface area (Å²) < 4.78 is 11.9. The molecule has 3 rings (SSSR count). The predicted octanol–water partition coefficient (Wildman–Crippen LogP) is 5.40. The van der Waals surface area contributed by atoms with Crippen molar-refractivity contribution in [1.82, 2.24) is 9.55 Å². The van der Waals surface area contributed by atoms with E-state index in [1.54, 1.807) is 0 Å². The van der Waals surface area contributed by atoms with Crippen molar-refractivity contribution in [2.24, 2.45) is 11.8 Å². The van der Waals surface area contributed by atoms with Gasteiger partial charge in [0.1, 0.15) is 24.1 Å². The van der Waals surface area contributed by atoms with Crippen molar-refractivity contribution >= 4 is 17.7 Å². The van der Waals surface area contributed by atoms with Gasteiger partial charge in [-0.25, -0.2) is 4.79 Å². The molecule has 0 unspecified atom stereocenters. The van der Waals surface area contributed by atoms with E-state index < -0.39 is 36.8 Å². The van der Waals surface area contributed by atoms with E-state index in [9.17, 15) is 29.7 Å². The molecule has 4 N–H and O–H groups in total. The maximum atomic E-state index is 12.8. The lowest BCUT2D eigenvalue weighted by Crippen LogP contribution is -2.36. The van der Waals surface area contributed by atoms with E-state index in [0.29, 0.717) is 32.3 Å². The summed E-state index contributed by atoms with van der Waals surface area (Å²) in [5.74, 6) is -0.858. The quantitative estimate of drug-likeness (QED) is 0.0952. The number of amides is 1. The normalized spacial score (nSPS) is 24.6. The lowest BCUT2D eigenvalue weighted by Gasteiger charge is -2.26. The average molecular weight is 650 g/mol. The Hall–Kier alpha value is -2.34. The van der Waals surface area contributed by atoms with Gasteiger partial charge in [0.05, 0.1) is 19.1 Å². The molecule has 0 spiro atoms. The number of aromatic nitrogens is 2. The Morgan fingerprint density at radius 1 is 0.848 bits per heavy atom. The van der Waals surface area contributed by atoms with Crippen LogP contribution in [0.1, 0.15) is 142 Å². The number of aliphatic hydroxyl groups is 3. The standard InChI is InChI=1S/C35H59N3O8/c1-2-3-4-5-6-7-8-9-10-11-12-13-14-15-16-17-24-45-34(43)27-20-18-26(19-21-27)32(42)36-29-22-23-38(35(44)37-29)33-31(41)30(40)28(25-39)46-33/h22-23,26-28,30-31,33,39-41H,2-21,24-25H2,1H3,(H,36,37,42,44)/t26?,27?,28-,30-,31+,33-/m1/s1. The van der Waals surface area contributed by atoms with Gasteiger partial charge in [0.2, 0.25) is 5.91 Å². The van der Waals surface area contributed by atoms with Crippen LogP contribution in [-0.2, 0) is 19.1 Å². The summed E-state index contributed by atoms with van der Waals surface area (Å²) in [4.78, 5) is 41.8. The maximum absolute atomic E-state index is 12.8. The highest BCUT2D eigenvalue weighted by Crippen LogP contribution is 2.31. The Kier molecular flexibility index (Phi) is 17.8. The number of anilines is 1. The Bertz CT molecular complexity index is 1070. The summed E-state index contributed by atoms with van der Waals surface area (Å²) >= 11 is 0. The third-order valence-electron chi connectivity index (χ3n) is 9.55. The largest absolute Gasteiger partial charge is 0.465 e. The fourth-order valence-corrected chi connectivity index (χ4v) is 6.55. The highest BCUT2D eigenvalue weighted by molar-refractivity contribution is 5.91. The molecule has 262 valence electrons. The van der Waals surface area contributed by atoms with Crippen molar-refractivity contribution in [3.8, 4) is 0 Å². The summed E-state index contributed by atoms with van der Waals surface area (Å²) in [6, 6.07) is 1.41. The molecule has 2 aliphatic rings. The highest BCUT2D eigenvalue weighted by Gasteiger charge is 2.43. The summed E-state index contributed by atoms with van der Waals surface area (Å²) in [5, 5.41) is 32.0. The van der Waals surface area contributed by atoms with Crippen LogP contribution in [0.5, 0.6) is 0 Å². The van der Waals surface area contributed by atoms with Gasteiger partial charge in [-0.3, -0.25) is 14.2 Å². The molecular weight excluding hydrogens is 590 g/mol. The van der Waals surface area contributed by atoms with Crippen LogP contribution in [0.2, 0.25) is 0 Å². The van der Waals surface area contributed by atoms with E-state index >= 15 is 0 Å². The number of esters is 1. The van der Waals surface area contributed by atoms with E-state index in [1.807, 2.05) is 0 Å². The molecule has 1 aliphatic carbocycles. The van der Waals surface area contributed by atoms with E-state index in [2.05, 4.69) is 17.2 Å². The van der Waals surface area contributed by atoms with Crippen molar-refractivity contribution in [3.63, 3.8) is 0 Å². The second-order valence-electron chi connectivity index (χ2n) is 13.2. The van der Waals surface area contributed by atoms with E-state index in [4.69, 9.17) is 9.47 Å². The zero-order valence-electron chi connectivity index (χ0n) is 28.0. The van der Waals surface area contributed by atoms with Crippen LogP contribution >= 0.6 is 0 Å². The van der Waals surface area contributed by atoms with E-state index in [1.165, 1.54) is 102 Å². The number of hydrogen-bond donors (Lipinski definition) is 4. The second kappa shape index (κ2) is 21.5. The number of nitrogens with zero attached hydrogens (tertiary/aromatic N) is 2. The molecule has 2 fully saturated rings. The first-order chi connectivity index (χ1) is 22.3. The Morgan fingerprint density at radius 3 is 1.87 bits per heavy atom. The molecule has 0 radical (unpaired) electrons. The minimum atomic E-state index is -1.41. The number of carbonyl (C=O) groups excluding carboxylic acids is 2. The molecule has 1 aromatic heterocycles. The number of rotatable bonds is 22. The molecule has 1 aromatic rings. The summed E-state index contributed by atoms with van der Waals surface area (Å²) in [6.45, 7) is 2.21. The van der Waals surface area contributed by atoms with Crippen LogP contribution in [0, 0.1) is 11.8 Å². The molecule has 1 amide bonds. The molecule has 1 saturated carbocycles. The van der Waals surface area contributed by atoms with Crippen molar-refractivity contribution in [2.75, 3.05) is 18.5 Å². The predicted molar refractivity (Wildman–Crippen MR) is 176 cm³/mol. The number of hydrogen-bond acceptors (Lipinski definition) is 9. The number of carbonyl (C=O) groups is 2. The van der Waals surface area contributed by atoms with Crippen LogP contribution in [0.25, 0.3) is 0 Å². The van der Waals surface area contributed by atoms with Gasteiger partial charge in [-0.2, -0.15) is 4.98 Å². The number of aliphatic hydroxyl groups excluding tert-OH is 3. The molecule has 4 atom stereocenters. The molecular formula is C35H59N3O8. The van der Waals surface area contributed by atoms with E-state index in [0.717, 1.165) is 17.4 Å². The molecule has 0 aromatic carbocycles. The first kappa shape index (κ1) is 38.1. The fraction of sp³-hybridized carbons (Fsp3) is 0.829. The number of nitrogens with one attached hydrogen (secondary N) is 1. The van der Waals surface area contributed by atoms with Crippen LogP contribution in [-0.4, -0.2) is 68.3 Å². The van der Waals surface area contributed by atoms with Gasteiger partial charge in [-0.15, -0.1) is 0 Å². The van der Waals surface area contributed by atoms with Gasteiger partial charge in [0.25, 0.3) is 0 Å². The smallest absolute Gasteiger partial charge is 0.351 e. The zero-order chi connectivity index (χ0) is 33.1. The third kappa shape index (κ3) is 12.7. The third-order valence-corrected chi connectivity index (χ3v) is 9.55. The number of unbranched alkanes of at least 4 members (excludes halogenated alkanes) is 15. The minimum Gasteiger partial charge on any atom is -0.465 e. The number of ether oxygens (including phenoxy) is 2. The summed E-state index contributed by atoms with van der Waals surface area (Å²) in [7, 11) is 0. The summed E-state index contributed by atoms with van der Waals surface area (Å²) in [5.41, 5.74) is -0.775. The lowest BCUT2D eigenvalue weighted by atomic mass is 9.81. The Balaban J connectivity index is 1.20. The topological polar surface area (TPSA) is 160 Å². The van der Waals surface area contributed by atoms with Gasteiger partial charge < -0.3 is 30.1 Å². The molecule has 1 saturated heterocycles. The monoisotopic (exact) mass is 649 g/mol. The Morgan fingerprint density at radius 2 is 1.37 bits per heavy atom. The van der Waals surface area contributed by atoms with Crippen LogP contribution in [0.15, 0.2) is 17.1 Å². The highest BCUT2D eigenvalue weighted by atomic mass is 16.6. The molecule has 11 heteroatoms. The second-order valence-corrected chi connectivity index (χ2v) is 13.2. The van der Waals surface area contributed by atoms with Gasteiger partial charge in [0.15, 0.2) is 6.23 Å².